The first-order chi connectivity index (χ1) is 6.43. The van der Waals surface area contributed by atoms with Gasteiger partial charge in [0.15, 0.2) is 0 Å². The molecule has 0 spiro atoms. The van der Waals surface area contributed by atoms with Gasteiger partial charge in [-0.15, -0.1) is 0 Å². The van der Waals surface area contributed by atoms with E-state index < -0.39 is 15.8 Å². The van der Waals surface area contributed by atoms with Crippen molar-refractivity contribution < 1.29 is 17.2 Å². The molecule has 0 unspecified atom stereocenters. The third-order valence-electron chi connectivity index (χ3n) is 1.36. The van der Waals surface area contributed by atoms with Crippen LogP contribution in [0.15, 0.2) is 28.7 Å². The van der Waals surface area contributed by atoms with Crippen LogP contribution in [-0.2, 0) is 10.0 Å². The second-order valence-corrected chi connectivity index (χ2v) is 4.89. The molecule has 1 rings (SSSR count). The van der Waals surface area contributed by atoms with Crippen LogP contribution < -0.4 is 4.72 Å². The quantitative estimate of drug-likeness (QED) is 0.927. The molecule has 1 N–H and O–H groups in total. The second-order valence-electron chi connectivity index (χ2n) is 2.39. The Hall–Kier alpha value is -0.690. The Morgan fingerprint density at radius 3 is 2.36 bits per heavy atom. The van der Waals surface area contributed by atoms with Crippen molar-refractivity contribution in [2.45, 2.75) is 5.76 Å². The van der Waals surface area contributed by atoms with Gasteiger partial charge in [-0.3, -0.25) is 4.72 Å². The number of alkyl halides is 2. The maximum absolute atomic E-state index is 12.0. The number of anilines is 1. The maximum atomic E-state index is 12.0. The van der Waals surface area contributed by atoms with Crippen molar-refractivity contribution in [3.8, 4) is 0 Å². The molecule has 0 aliphatic carbocycles. The zero-order chi connectivity index (χ0) is 10.8. The fraction of sp³-hybridized carbons (Fsp3) is 0.143. The lowest BCUT2D eigenvalue weighted by Crippen LogP contribution is -2.20. The molecule has 3 nitrogen and oxygen atoms in total. The molecule has 0 saturated carbocycles. The molecule has 1 aromatic carbocycles. The van der Waals surface area contributed by atoms with Crippen molar-refractivity contribution in [1.29, 1.82) is 0 Å². The van der Waals surface area contributed by atoms with Crippen LogP contribution in [0.1, 0.15) is 0 Å². The zero-order valence-corrected chi connectivity index (χ0v) is 9.15. The molecule has 0 fully saturated rings. The highest BCUT2D eigenvalue weighted by Gasteiger charge is 2.24. The molecule has 0 aliphatic rings. The van der Waals surface area contributed by atoms with E-state index in [1.807, 2.05) is 0 Å². The summed E-state index contributed by atoms with van der Waals surface area (Å²) in [5.41, 5.74) is 0.0906. The van der Waals surface area contributed by atoms with Crippen molar-refractivity contribution >= 4 is 31.6 Å². The smallest absolute Gasteiger partial charge is 0.278 e. The fourth-order valence-corrected chi connectivity index (χ4v) is 1.83. The van der Waals surface area contributed by atoms with Gasteiger partial charge in [-0.1, -0.05) is 12.1 Å². The first-order valence-corrected chi connectivity index (χ1v) is 5.82. The predicted octanol–water partition coefficient (Wildman–Crippen LogP) is 2.41. The summed E-state index contributed by atoms with van der Waals surface area (Å²) >= 11 is 3.03. The minimum atomic E-state index is -4.59. The molecular weight excluding hydrogens is 280 g/mol. The van der Waals surface area contributed by atoms with E-state index in [4.69, 9.17) is 0 Å². The van der Waals surface area contributed by atoms with E-state index in [0.29, 0.717) is 4.47 Å². The number of nitrogens with one attached hydrogen (secondary N) is 1. The largest absolute Gasteiger partial charge is 0.355 e. The Morgan fingerprint density at radius 1 is 1.29 bits per heavy atom. The van der Waals surface area contributed by atoms with Gasteiger partial charge >= 0.3 is 5.76 Å². The standard InChI is InChI=1S/C7H6BrF2NO2S/c8-5-3-1-2-4-6(5)11-14(12,13)7(9)10/h1-4,7,11H. The minimum absolute atomic E-state index is 0.0906. The van der Waals surface area contributed by atoms with Crippen LogP contribution >= 0.6 is 15.9 Å². The van der Waals surface area contributed by atoms with Gasteiger partial charge in [-0.2, -0.15) is 8.78 Å². The van der Waals surface area contributed by atoms with Gasteiger partial charge in [-0.05, 0) is 28.1 Å². The van der Waals surface area contributed by atoms with Crippen LogP contribution in [0.2, 0.25) is 0 Å². The van der Waals surface area contributed by atoms with E-state index in [1.165, 1.54) is 12.1 Å². The molecule has 14 heavy (non-hydrogen) atoms. The highest BCUT2D eigenvalue weighted by atomic mass is 79.9. The van der Waals surface area contributed by atoms with Crippen LogP contribution in [0.3, 0.4) is 0 Å². The van der Waals surface area contributed by atoms with Gasteiger partial charge in [0.05, 0.1) is 5.69 Å². The molecule has 0 saturated heterocycles. The van der Waals surface area contributed by atoms with E-state index in [1.54, 1.807) is 16.9 Å². The molecule has 0 atom stereocenters. The van der Waals surface area contributed by atoms with Gasteiger partial charge in [0.1, 0.15) is 0 Å². The number of halogens is 3. The van der Waals surface area contributed by atoms with Crippen LogP contribution in [0, 0.1) is 0 Å². The summed E-state index contributed by atoms with van der Waals surface area (Å²) in [4.78, 5) is 0. The first-order valence-electron chi connectivity index (χ1n) is 3.48. The van der Waals surface area contributed by atoms with E-state index in [-0.39, 0.29) is 5.69 Å². The van der Waals surface area contributed by atoms with E-state index in [0.717, 1.165) is 0 Å². The lowest BCUT2D eigenvalue weighted by atomic mass is 10.3. The first kappa shape index (κ1) is 11.4. The lowest BCUT2D eigenvalue weighted by molar-refractivity contribution is 0.236. The molecule has 0 aromatic heterocycles. The lowest BCUT2D eigenvalue weighted by Gasteiger charge is -2.07. The van der Waals surface area contributed by atoms with Gasteiger partial charge in [-0.25, -0.2) is 8.42 Å². The van der Waals surface area contributed by atoms with Crippen molar-refractivity contribution in [3.63, 3.8) is 0 Å². The third-order valence-corrected chi connectivity index (χ3v) is 3.03. The summed E-state index contributed by atoms with van der Waals surface area (Å²) in [5.74, 6) is -3.44. The van der Waals surface area contributed by atoms with Crippen molar-refractivity contribution in [1.82, 2.24) is 0 Å². The predicted molar refractivity (Wildman–Crippen MR) is 52.7 cm³/mol. The topological polar surface area (TPSA) is 46.2 Å². The average molecular weight is 286 g/mol. The van der Waals surface area contributed by atoms with E-state index in [9.17, 15) is 17.2 Å². The summed E-state index contributed by atoms with van der Waals surface area (Å²) in [6.07, 6.45) is 0. The number of hydrogen-bond donors (Lipinski definition) is 1. The molecular formula is C7H6BrF2NO2S. The Morgan fingerprint density at radius 2 is 1.86 bits per heavy atom. The van der Waals surface area contributed by atoms with Crippen LogP contribution in [-0.4, -0.2) is 14.2 Å². The Bertz CT molecular complexity index is 421. The molecule has 0 heterocycles. The van der Waals surface area contributed by atoms with Crippen LogP contribution in [0.5, 0.6) is 0 Å². The molecule has 7 heteroatoms. The summed E-state index contributed by atoms with van der Waals surface area (Å²) < 4.78 is 47.6. The number of sulfonamides is 1. The molecule has 78 valence electrons. The number of para-hydroxylation sites is 1. The normalized spacial score (nSPS) is 11.7. The number of hydrogen-bond acceptors (Lipinski definition) is 2. The molecule has 1 aromatic rings. The van der Waals surface area contributed by atoms with Crippen LogP contribution in [0.4, 0.5) is 14.5 Å². The highest BCUT2D eigenvalue weighted by Crippen LogP contribution is 2.23. The molecule has 0 radical (unpaired) electrons. The van der Waals surface area contributed by atoms with Crippen molar-refractivity contribution in [2.75, 3.05) is 4.72 Å². The molecule has 0 bridgehead atoms. The average Bonchev–Trinajstić information content (AvgIpc) is 2.08. The Labute approximate surface area is 88.3 Å². The Kier molecular flexibility index (Phi) is 3.43. The molecule has 0 amide bonds. The second kappa shape index (κ2) is 4.22. The summed E-state index contributed by atoms with van der Waals surface area (Å²) in [7, 11) is -4.59. The maximum Gasteiger partial charge on any atom is 0.355 e. The zero-order valence-electron chi connectivity index (χ0n) is 6.75. The third kappa shape index (κ3) is 2.65. The summed E-state index contributed by atoms with van der Waals surface area (Å²) in [6, 6.07) is 6.10. The Balaban J connectivity index is 2.96. The van der Waals surface area contributed by atoms with Crippen molar-refractivity contribution in [2.24, 2.45) is 0 Å². The van der Waals surface area contributed by atoms with E-state index in [2.05, 4.69) is 15.9 Å². The molecule has 0 aliphatic heterocycles. The van der Waals surface area contributed by atoms with E-state index >= 15 is 0 Å². The SMILES string of the molecule is O=S(=O)(Nc1ccccc1Br)C(F)F. The monoisotopic (exact) mass is 285 g/mol. The highest BCUT2D eigenvalue weighted by molar-refractivity contribution is 9.10. The van der Waals surface area contributed by atoms with Gasteiger partial charge in [0.2, 0.25) is 0 Å². The van der Waals surface area contributed by atoms with Gasteiger partial charge < -0.3 is 0 Å². The van der Waals surface area contributed by atoms with Crippen LogP contribution in [0.25, 0.3) is 0 Å². The minimum Gasteiger partial charge on any atom is -0.278 e. The van der Waals surface area contributed by atoms with Crippen molar-refractivity contribution in [3.05, 3.63) is 28.7 Å². The summed E-state index contributed by atoms with van der Waals surface area (Å²) in [6.45, 7) is 0. The van der Waals surface area contributed by atoms with Gasteiger partial charge in [0, 0.05) is 4.47 Å². The number of benzene rings is 1. The summed E-state index contributed by atoms with van der Waals surface area (Å²) in [5, 5.41) is 0. The number of rotatable bonds is 3. The fourth-order valence-electron chi connectivity index (χ4n) is 0.742. The van der Waals surface area contributed by atoms with Gasteiger partial charge in [0.25, 0.3) is 10.0 Å².